The highest BCUT2D eigenvalue weighted by atomic mass is 16.5. The van der Waals surface area contributed by atoms with Gasteiger partial charge in [-0.3, -0.25) is 4.40 Å². The van der Waals surface area contributed by atoms with Gasteiger partial charge in [-0.15, -0.1) is 10.2 Å². The third-order valence-corrected chi connectivity index (χ3v) is 3.28. The smallest absolute Gasteiger partial charge is 0.207 e. The fourth-order valence-corrected chi connectivity index (χ4v) is 2.42. The molecule has 2 aromatic heterocycles. The summed E-state index contributed by atoms with van der Waals surface area (Å²) in [6.07, 6.45) is 1.55. The molecule has 3 aromatic rings. The fraction of sp³-hybridized carbons (Fsp3) is 0.214. The second-order valence-corrected chi connectivity index (χ2v) is 4.70. The molecular formula is C14H15N5O. The second-order valence-electron chi connectivity index (χ2n) is 4.70. The minimum Gasteiger partial charge on any atom is -0.496 e. The Bertz CT molecular complexity index is 770. The van der Waals surface area contributed by atoms with Gasteiger partial charge >= 0.3 is 0 Å². The van der Waals surface area contributed by atoms with E-state index in [0.717, 1.165) is 28.1 Å². The van der Waals surface area contributed by atoms with Crippen LogP contribution >= 0.6 is 0 Å². The van der Waals surface area contributed by atoms with Crippen LogP contribution in [0.25, 0.3) is 16.9 Å². The van der Waals surface area contributed by atoms with Crippen LogP contribution in [0.2, 0.25) is 0 Å². The van der Waals surface area contributed by atoms with Crippen molar-refractivity contribution < 1.29 is 4.74 Å². The molecule has 20 heavy (non-hydrogen) atoms. The molecule has 0 bridgehead atoms. The molecule has 0 saturated heterocycles. The van der Waals surface area contributed by atoms with Crippen molar-refractivity contribution in [3.63, 3.8) is 0 Å². The third-order valence-electron chi connectivity index (χ3n) is 3.28. The van der Waals surface area contributed by atoms with Gasteiger partial charge in [0.25, 0.3) is 0 Å². The maximum absolute atomic E-state index is 5.92. The Hall–Kier alpha value is -2.63. The molecule has 0 unspecified atom stereocenters. The molecule has 0 fully saturated rings. The monoisotopic (exact) mass is 269 g/mol. The molecule has 1 aromatic carbocycles. The summed E-state index contributed by atoms with van der Waals surface area (Å²) in [5, 5.41) is 7.84. The molecule has 102 valence electrons. The number of hydrogen-bond donors (Lipinski definition) is 1. The van der Waals surface area contributed by atoms with E-state index < -0.39 is 0 Å². The summed E-state index contributed by atoms with van der Waals surface area (Å²) < 4.78 is 7.02. The molecule has 0 aliphatic rings. The molecule has 0 aliphatic carbocycles. The van der Waals surface area contributed by atoms with Crippen LogP contribution in [-0.2, 0) is 0 Å². The first-order valence-electron chi connectivity index (χ1n) is 6.22. The Morgan fingerprint density at radius 2 is 1.85 bits per heavy atom. The molecule has 3 rings (SSSR count). The van der Waals surface area contributed by atoms with Gasteiger partial charge in [0.2, 0.25) is 5.95 Å². The van der Waals surface area contributed by atoms with Crippen LogP contribution < -0.4 is 10.5 Å². The lowest BCUT2D eigenvalue weighted by Gasteiger charge is -2.11. The minimum atomic E-state index is 0.369. The summed E-state index contributed by atoms with van der Waals surface area (Å²) in [6.45, 7) is 4.02. The molecule has 2 N–H and O–H groups in total. The van der Waals surface area contributed by atoms with E-state index in [1.54, 1.807) is 17.8 Å². The van der Waals surface area contributed by atoms with Crippen molar-refractivity contribution in [3.05, 3.63) is 35.7 Å². The summed E-state index contributed by atoms with van der Waals surface area (Å²) in [5.74, 6) is 1.26. The van der Waals surface area contributed by atoms with Crippen molar-refractivity contribution in [3.8, 4) is 17.0 Å². The first-order valence-corrected chi connectivity index (χ1v) is 6.22. The van der Waals surface area contributed by atoms with Crippen molar-refractivity contribution in [2.45, 2.75) is 13.8 Å². The molecule has 6 nitrogen and oxygen atoms in total. The highest BCUT2D eigenvalue weighted by Crippen LogP contribution is 2.29. The molecule has 0 spiro atoms. The average Bonchev–Trinajstić information content (AvgIpc) is 2.87. The second kappa shape index (κ2) is 4.48. The summed E-state index contributed by atoms with van der Waals surface area (Å²) in [5.41, 5.74) is 10.5. The van der Waals surface area contributed by atoms with E-state index >= 15 is 0 Å². The van der Waals surface area contributed by atoms with Crippen LogP contribution in [0.15, 0.2) is 24.5 Å². The largest absolute Gasteiger partial charge is 0.496 e. The summed E-state index contributed by atoms with van der Waals surface area (Å²) in [7, 11) is 1.67. The van der Waals surface area contributed by atoms with Crippen LogP contribution in [0.5, 0.6) is 5.75 Å². The van der Waals surface area contributed by atoms with Gasteiger partial charge in [-0.1, -0.05) is 0 Å². The van der Waals surface area contributed by atoms with Gasteiger partial charge in [0.15, 0.2) is 5.65 Å². The average molecular weight is 269 g/mol. The van der Waals surface area contributed by atoms with Gasteiger partial charge in [0.05, 0.1) is 12.8 Å². The molecule has 6 heteroatoms. The Morgan fingerprint density at radius 1 is 1.15 bits per heavy atom. The molecule has 0 aliphatic heterocycles. The number of nitrogens with zero attached hydrogens (tertiary/aromatic N) is 4. The SMILES string of the molecule is COc1c(C)cc(-c2cc3nncn3c(N)n2)cc1C. The Kier molecular flexibility index (Phi) is 2.78. The van der Waals surface area contributed by atoms with Gasteiger partial charge in [-0.05, 0) is 37.1 Å². The number of aryl methyl sites for hydroxylation is 2. The zero-order chi connectivity index (χ0) is 14.3. The number of benzene rings is 1. The van der Waals surface area contributed by atoms with Crippen molar-refractivity contribution in [2.24, 2.45) is 0 Å². The van der Waals surface area contributed by atoms with Gasteiger partial charge in [0, 0.05) is 11.6 Å². The number of anilines is 1. The van der Waals surface area contributed by atoms with Crippen LogP contribution in [0.3, 0.4) is 0 Å². The zero-order valence-electron chi connectivity index (χ0n) is 11.6. The van der Waals surface area contributed by atoms with Crippen molar-refractivity contribution in [1.29, 1.82) is 0 Å². The van der Waals surface area contributed by atoms with E-state index in [1.807, 2.05) is 32.0 Å². The molecule has 0 amide bonds. The number of fused-ring (bicyclic) bond motifs is 1. The van der Waals surface area contributed by atoms with E-state index in [-0.39, 0.29) is 0 Å². The number of nitrogens with two attached hydrogens (primary N) is 1. The maximum atomic E-state index is 5.92. The Labute approximate surface area is 116 Å². The normalized spacial score (nSPS) is 10.9. The minimum absolute atomic E-state index is 0.369. The van der Waals surface area contributed by atoms with Crippen molar-refractivity contribution >= 4 is 11.6 Å². The van der Waals surface area contributed by atoms with E-state index in [4.69, 9.17) is 10.5 Å². The molecule has 0 radical (unpaired) electrons. The lowest BCUT2D eigenvalue weighted by molar-refractivity contribution is 0.408. The van der Waals surface area contributed by atoms with E-state index in [2.05, 4.69) is 15.2 Å². The van der Waals surface area contributed by atoms with E-state index in [1.165, 1.54) is 0 Å². The van der Waals surface area contributed by atoms with Crippen LogP contribution in [0.1, 0.15) is 11.1 Å². The van der Waals surface area contributed by atoms with Crippen molar-refractivity contribution in [1.82, 2.24) is 19.6 Å². The molecule has 0 saturated carbocycles. The topological polar surface area (TPSA) is 78.3 Å². The molecule has 2 heterocycles. The highest BCUT2D eigenvalue weighted by molar-refractivity contribution is 5.68. The quantitative estimate of drug-likeness (QED) is 0.769. The number of aromatic nitrogens is 4. The van der Waals surface area contributed by atoms with Crippen molar-refractivity contribution in [2.75, 3.05) is 12.8 Å². The Morgan fingerprint density at radius 3 is 2.50 bits per heavy atom. The van der Waals surface area contributed by atoms with Crippen LogP contribution in [-0.4, -0.2) is 26.7 Å². The molecule has 0 atom stereocenters. The lowest BCUT2D eigenvalue weighted by atomic mass is 10.0. The molecular weight excluding hydrogens is 254 g/mol. The van der Waals surface area contributed by atoms with Gasteiger partial charge < -0.3 is 10.5 Å². The van der Waals surface area contributed by atoms with Gasteiger partial charge in [-0.25, -0.2) is 4.98 Å². The summed E-state index contributed by atoms with van der Waals surface area (Å²) in [6, 6.07) is 5.92. The lowest BCUT2D eigenvalue weighted by Crippen LogP contribution is -2.01. The number of nitrogen functional groups attached to an aromatic ring is 1. The number of rotatable bonds is 2. The standard InChI is InChI=1S/C14H15N5O/c1-8-4-10(5-9(2)13(8)20-3)11-6-12-18-16-7-19(12)14(15)17-11/h4-7H,1-3H3,(H2,15,17). The fourth-order valence-electron chi connectivity index (χ4n) is 2.42. The Balaban J connectivity index is 2.20. The number of hydrogen-bond acceptors (Lipinski definition) is 5. The van der Waals surface area contributed by atoms with Crippen LogP contribution in [0, 0.1) is 13.8 Å². The predicted molar refractivity (Wildman–Crippen MR) is 76.7 cm³/mol. The maximum Gasteiger partial charge on any atom is 0.207 e. The highest BCUT2D eigenvalue weighted by Gasteiger charge is 2.10. The zero-order valence-corrected chi connectivity index (χ0v) is 11.6. The predicted octanol–water partition coefficient (Wildman–Crippen LogP) is 2.00. The first-order chi connectivity index (χ1) is 9.60. The summed E-state index contributed by atoms with van der Waals surface area (Å²) in [4.78, 5) is 4.40. The van der Waals surface area contributed by atoms with Gasteiger partial charge in [0.1, 0.15) is 12.1 Å². The van der Waals surface area contributed by atoms with Crippen LogP contribution in [0.4, 0.5) is 5.95 Å². The van der Waals surface area contributed by atoms with E-state index in [9.17, 15) is 0 Å². The third kappa shape index (κ3) is 1.85. The van der Waals surface area contributed by atoms with E-state index in [0.29, 0.717) is 11.6 Å². The number of methoxy groups -OCH3 is 1. The number of ether oxygens (including phenoxy) is 1. The first kappa shape index (κ1) is 12.4. The summed E-state index contributed by atoms with van der Waals surface area (Å²) >= 11 is 0. The van der Waals surface area contributed by atoms with Gasteiger partial charge in [-0.2, -0.15) is 0 Å².